The Morgan fingerprint density at radius 2 is 1.88 bits per heavy atom. The van der Waals surface area contributed by atoms with Gasteiger partial charge in [0.2, 0.25) is 5.91 Å². The van der Waals surface area contributed by atoms with Gasteiger partial charge >= 0.3 is 0 Å². The molecule has 0 spiro atoms. The molecule has 0 aliphatic heterocycles. The van der Waals surface area contributed by atoms with Crippen LogP contribution in [0.2, 0.25) is 10.0 Å². The molecule has 1 amide bonds. The van der Waals surface area contributed by atoms with Gasteiger partial charge in [-0.15, -0.1) is 11.3 Å². The molecule has 0 atom stereocenters. The number of amides is 1. The maximum Gasteiger partial charge on any atom is 0.250 e. The van der Waals surface area contributed by atoms with Gasteiger partial charge in [0.25, 0.3) is 0 Å². The zero-order valence-corrected chi connectivity index (χ0v) is 15.6. The number of hydrogen-bond acceptors (Lipinski definition) is 3. The van der Waals surface area contributed by atoms with Gasteiger partial charge in [-0.25, -0.2) is 4.98 Å². The van der Waals surface area contributed by atoms with Crippen LogP contribution in [0.5, 0.6) is 0 Å². The second-order valence-corrected chi connectivity index (χ2v) is 7.38. The summed E-state index contributed by atoms with van der Waals surface area (Å²) < 4.78 is 0. The van der Waals surface area contributed by atoms with Crippen LogP contribution >= 0.6 is 34.5 Å². The summed E-state index contributed by atoms with van der Waals surface area (Å²) in [6.45, 7) is 1.97. The third kappa shape index (κ3) is 4.69. The van der Waals surface area contributed by atoms with E-state index in [1.165, 1.54) is 17.4 Å². The van der Waals surface area contributed by atoms with Gasteiger partial charge in [-0.05, 0) is 42.8 Å². The van der Waals surface area contributed by atoms with E-state index in [-0.39, 0.29) is 5.91 Å². The first-order valence-corrected chi connectivity index (χ1v) is 9.06. The Morgan fingerprint density at radius 3 is 2.60 bits per heavy atom. The molecule has 6 heteroatoms. The second-order valence-electron chi connectivity index (χ2n) is 5.31. The maximum atomic E-state index is 12.1. The highest BCUT2D eigenvalue weighted by molar-refractivity contribution is 7.16. The minimum absolute atomic E-state index is 0.235. The molecule has 0 saturated heterocycles. The molecule has 2 aromatic carbocycles. The van der Waals surface area contributed by atoms with Gasteiger partial charge in [-0.1, -0.05) is 47.5 Å². The molecule has 1 heterocycles. The number of hydrogen-bond donors (Lipinski definition) is 1. The molecule has 0 saturated carbocycles. The van der Waals surface area contributed by atoms with Gasteiger partial charge in [0, 0.05) is 26.6 Å². The van der Waals surface area contributed by atoms with E-state index in [2.05, 4.69) is 10.3 Å². The molecular formula is C19H14Cl2N2OS. The lowest BCUT2D eigenvalue weighted by Gasteiger charge is -1.99. The molecule has 1 N–H and O–H groups in total. The number of carbonyl (C=O) groups is 1. The summed E-state index contributed by atoms with van der Waals surface area (Å²) in [6.07, 6.45) is 3.20. The first-order valence-electron chi connectivity index (χ1n) is 7.49. The number of aryl methyl sites for hydroxylation is 1. The second kappa shape index (κ2) is 7.83. The SMILES string of the molecule is Cc1sc(NC(=O)/C=C/c2ccc(Cl)cc2)nc1-c1cccc(Cl)c1. The molecule has 25 heavy (non-hydrogen) atoms. The number of benzene rings is 2. The highest BCUT2D eigenvalue weighted by Gasteiger charge is 2.11. The molecule has 3 rings (SSSR count). The Labute approximate surface area is 159 Å². The number of nitrogens with one attached hydrogen (secondary N) is 1. The monoisotopic (exact) mass is 388 g/mol. The van der Waals surface area contributed by atoms with Crippen molar-refractivity contribution in [1.82, 2.24) is 4.98 Å². The minimum Gasteiger partial charge on any atom is -0.298 e. The van der Waals surface area contributed by atoms with Crippen LogP contribution in [0.25, 0.3) is 17.3 Å². The van der Waals surface area contributed by atoms with E-state index in [4.69, 9.17) is 23.2 Å². The Kier molecular flexibility index (Phi) is 5.53. The summed E-state index contributed by atoms with van der Waals surface area (Å²) in [5.74, 6) is -0.235. The van der Waals surface area contributed by atoms with E-state index in [0.29, 0.717) is 15.2 Å². The van der Waals surface area contributed by atoms with E-state index >= 15 is 0 Å². The topological polar surface area (TPSA) is 42.0 Å². The van der Waals surface area contributed by atoms with Gasteiger partial charge in [0.05, 0.1) is 5.69 Å². The van der Waals surface area contributed by atoms with Gasteiger partial charge in [0.1, 0.15) is 0 Å². The van der Waals surface area contributed by atoms with Crippen molar-refractivity contribution in [3.8, 4) is 11.3 Å². The van der Waals surface area contributed by atoms with E-state index in [1.807, 2.05) is 43.3 Å². The molecule has 0 aliphatic rings. The zero-order chi connectivity index (χ0) is 17.8. The molecule has 0 fully saturated rings. The van der Waals surface area contributed by atoms with Crippen LogP contribution in [0.3, 0.4) is 0 Å². The van der Waals surface area contributed by atoms with Crippen LogP contribution < -0.4 is 5.32 Å². The number of rotatable bonds is 4. The maximum absolute atomic E-state index is 12.1. The van der Waals surface area contributed by atoms with Crippen LogP contribution in [0.1, 0.15) is 10.4 Å². The van der Waals surface area contributed by atoms with Crippen molar-refractivity contribution in [2.75, 3.05) is 5.32 Å². The van der Waals surface area contributed by atoms with Crippen LogP contribution in [0, 0.1) is 6.92 Å². The summed E-state index contributed by atoms with van der Waals surface area (Å²) in [4.78, 5) is 17.6. The summed E-state index contributed by atoms with van der Waals surface area (Å²) in [6, 6.07) is 14.7. The van der Waals surface area contributed by atoms with E-state index in [0.717, 1.165) is 21.7 Å². The number of nitrogens with zero attached hydrogens (tertiary/aromatic N) is 1. The van der Waals surface area contributed by atoms with Crippen molar-refractivity contribution in [3.63, 3.8) is 0 Å². The van der Waals surface area contributed by atoms with Crippen LogP contribution in [-0.4, -0.2) is 10.9 Å². The fourth-order valence-electron chi connectivity index (χ4n) is 2.25. The van der Waals surface area contributed by atoms with E-state index in [9.17, 15) is 4.79 Å². The zero-order valence-electron chi connectivity index (χ0n) is 13.3. The van der Waals surface area contributed by atoms with Crippen LogP contribution in [-0.2, 0) is 4.79 Å². The molecule has 0 bridgehead atoms. The predicted molar refractivity (Wildman–Crippen MR) is 106 cm³/mol. The third-order valence-corrected chi connectivity index (χ3v) is 4.80. The third-order valence-electron chi connectivity index (χ3n) is 3.42. The Balaban J connectivity index is 1.72. The lowest BCUT2D eigenvalue weighted by Crippen LogP contribution is -2.07. The van der Waals surface area contributed by atoms with Gasteiger partial charge in [0.15, 0.2) is 5.13 Å². The van der Waals surface area contributed by atoms with Crippen molar-refractivity contribution in [1.29, 1.82) is 0 Å². The van der Waals surface area contributed by atoms with Crippen LogP contribution in [0.15, 0.2) is 54.6 Å². The number of anilines is 1. The smallest absolute Gasteiger partial charge is 0.250 e. The number of aromatic nitrogens is 1. The summed E-state index contributed by atoms with van der Waals surface area (Å²) in [7, 11) is 0. The van der Waals surface area contributed by atoms with Crippen molar-refractivity contribution in [2.45, 2.75) is 6.92 Å². The molecule has 126 valence electrons. The van der Waals surface area contributed by atoms with Crippen molar-refractivity contribution < 1.29 is 4.79 Å². The van der Waals surface area contributed by atoms with Gasteiger partial charge in [-0.2, -0.15) is 0 Å². The summed E-state index contributed by atoms with van der Waals surface area (Å²) in [5, 5.41) is 4.66. The Hall–Kier alpha value is -2.14. The van der Waals surface area contributed by atoms with Crippen LogP contribution in [0.4, 0.5) is 5.13 Å². The highest BCUT2D eigenvalue weighted by atomic mass is 35.5. The van der Waals surface area contributed by atoms with E-state index in [1.54, 1.807) is 18.2 Å². The van der Waals surface area contributed by atoms with Crippen molar-refractivity contribution in [2.24, 2.45) is 0 Å². The van der Waals surface area contributed by atoms with Crippen molar-refractivity contribution >= 4 is 51.7 Å². The minimum atomic E-state index is -0.235. The number of thiazole rings is 1. The molecule has 0 unspecified atom stereocenters. The fraction of sp³-hybridized carbons (Fsp3) is 0.0526. The first-order chi connectivity index (χ1) is 12.0. The highest BCUT2D eigenvalue weighted by Crippen LogP contribution is 2.31. The molecule has 1 aromatic heterocycles. The normalized spacial score (nSPS) is 11.0. The Bertz CT molecular complexity index is 933. The quantitative estimate of drug-likeness (QED) is 0.550. The molecule has 3 nitrogen and oxygen atoms in total. The average Bonchev–Trinajstić information content (AvgIpc) is 2.94. The predicted octanol–water partition coefficient (Wildman–Crippen LogP) is 6.08. The Morgan fingerprint density at radius 1 is 1.12 bits per heavy atom. The van der Waals surface area contributed by atoms with Gasteiger partial charge in [-0.3, -0.25) is 10.1 Å². The lowest BCUT2D eigenvalue weighted by atomic mass is 10.1. The largest absolute Gasteiger partial charge is 0.298 e. The summed E-state index contributed by atoms with van der Waals surface area (Å²) >= 11 is 13.3. The average molecular weight is 389 g/mol. The molecule has 0 radical (unpaired) electrons. The molecule has 0 aliphatic carbocycles. The lowest BCUT2D eigenvalue weighted by molar-refractivity contribution is -0.111. The van der Waals surface area contributed by atoms with E-state index < -0.39 is 0 Å². The fourth-order valence-corrected chi connectivity index (χ4v) is 3.40. The molecule has 3 aromatic rings. The summed E-state index contributed by atoms with van der Waals surface area (Å²) in [5.41, 5.74) is 2.65. The first kappa shape index (κ1) is 17.7. The number of halogens is 2. The van der Waals surface area contributed by atoms with Gasteiger partial charge < -0.3 is 0 Å². The molecular weight excluding hydrogens is 375 g/mol. The van der Waals surface area contributed by atoms with Crippen molar-refractivity contribution in [3.05, 3.63) is 75.1 Å². The standard InChI is InChI=1S/C19H14Cl2N2OS/c1-12-18(14-3-2-4-16(21)11-14)23-19(25-12)22-17(24)10-7-13-5-8-15(20)9-6-13/h2-11H,1H3,(H,22,23,24)/b10-7+. The number of carbonyl (C=O) groups excluding carboxylic acids is 1.